The first kappa shape index (κ1) is 27.8. The second kappa shape index (κ2) is 14.7. The number of nitrogens with two attached hydrogens (primary N) is 1. The van der Waals surface area contributed by atoms with Gasteiger partial charge in [0.2, 0.25) is 5.91 Å². The fourth-order valence-electron chi connectivity index (χ4n) is 4.62. The number of methoxy groups -OCH3 is 1. The number of nitrogens with one attached hydrogen (secondary N) is 2. The minimum absolute atomic E-state index is 0. The standard InChI is InChI=1S/C24H40N6O2.HI/c1-26-24(28-22-8-11-29(12-9-22)13-14-32-2)27-16-19-5-3-6-20(15-19)17-30-10-4-7-21(18-30)23(25)31;/h3,5-6,15,21-22H,4,7-14,16-18H2,1-2H3,(H2,25,31)(H2,26,27,28);1H. The highest BCUT2D eigenvalue weighted by atomic mass is 127. The summed E-state index contributed by atoms with van der Waals surface area (Å²) in [7, 11) is 3.58. The zero-order valence-electron chi connectivity index (χ0n) is 20.1. The number of rotatable bonds is 9. The largest absolute Gasteiger partial charge is 0.383 e. The number of ether oxygens (including phenoxy) is 1. The number of guanidine groups is 1. The second-order valence-corrected chi connectivity index (χ2v) is 8.98. The van der Waals surface area contributed by atoms with Crippen LogP contribution in [0, 0.1) is 5.92 Å². The Hall–Kier alpha value is -1.43. The van der Waals surface area contributed by atoms with Gasteiger partial charge in [0.15, 0.2) is 5.96 Å². The minimum Gasteiger partial charge on any atom is -0.383 e. The summed E-state index contributed by atoms with van der Waals surface area (Å²) >= 11 is 0. The van der Waals surface area contributed by atoms with Crippen LogP contribution in [-0.4, -0.2) is 81.2 Å². The number of amides is 1. The van der Waals surface area contributed by atoms with Crippen LogP contribution < -0.4 is 16.4 Å². The predicted octanol–water partition coefficient (Wildman–Crippen LogP) is 1.78. The zero-order valence-corrected chi connectivity index (χ0v) is 22.4. The topological polar surface area (TPSA) is 95.2 Å². The molecule has 3 rings (SSSR count). The molecular formula is C24H41IN6O2. The summed E-state index contributed by atoms with van der Waals surface area (Å²) < 4.78 is 5.18. The van der Waals surface area contributed by atoms with Crippen LogP contribution in [0.1, 0.15) is 36.8 Å². The zero-order chi connectivity index (χ0) is 22.8. The van der Waals surface area contributed by atoms with Crippen molar-refractivity contribution in [1.82, 2.24) is 20.4 Å². The monoisotopic (exact) mass is 572 g/mol. The quantitative estimate of drug-likeness (QED) is 0.237. The first-order valence-electron chi connectivity index (χ1n) is 11.9. The van der Waals surface area contributed by atoms with Crippen molar-refractivity contribution in [2.24, 2.45) is 16.6 Å². The van der Waals surface area contributed by atoms with E-state index in [1.807, 2.05) is 7.05 Å². The molecule has 1 atom stereocenters. The van der Waals surface area contributed by atoms with Gasteiger partial charge >= 0.3 is 0 Å². The molecule has 0 spiro atoms. The van der Waals surface area contributed by atoms with E-state index in [0.29, 0.717) is 6.04 Å². The van der Waals surface area contributed by atoms with Gasteiger partial charge in [-0.3, -0.25) is 14.7 Å². The molecule has 9 heteroatoms. The van der Waals surface area contributed by atoms with E-state index in [2.05, 4.69) is 49.7 Å². The van der Waals surface area contributed by atoms with Gasteiger partial charge in [-0.1, -0.05) is 24.3 Å². The Morgan fingerprint density at radius 1 is 1.18 bits per heavy atom. The molecule has 1 unspecified atom stereocenters. The number of piperidine rings is 2. The molecular weight excluding hydrogens is 531 g/mol. The SMILES string of the molecule is CN=C(NCc1cccc(CN2CCCC(C(N)=O)C2)c1)NC1CCN(CCOC)CC1.I. The number of likely N-dealkylation sites (tertiary alicyclic amines) is 2. The molecule has 2 aliphatic rings. The Bertz CT molecular complexity index is 754. The molecule has 4 N–H and O–H groups in total. The molecule has 0 aromatic heterocycles. The number of carbonyl (C=O) groups excluding carboxylic acids is 1. The highest BCUT2D eigenvalue weighted by Crippen LogP contribution is 2.19. The van der Waals surface area contributed by atoms with E-state index in [4.69, 9.17) is 10.5 Å². The Labute approximate surface area is 215 Å². The van der Waals surface area contributed by atoms with E-state index in [1.54, 1.807) is 7.11 Å². The van der Waals surface area contributed by atoms with E-state index >= 15 is 0 Å². The Kier molecular flexibility index (Phi) is 12.4. The number of hydrogen-bond acceptors (Lipinski definition) is 5. The van der Waals surface area contributed by atoms with Crippen LogP contribution in [0.4, 0.5) is 0 Å². The molecule has 0 aliphatic carbocycles. The number of primary amides is 1. The minimum atomic E-state index is -0.174. The maximum atomic E-state index is 11.5. The van der Waals surface area contributed by atoms with Crippen molar-refractivity contribution in [2.75, 3.05) is 53.5 Å². The average Bonchev–Trinajstić information content (AvgIpc) is 2.81. The summed E-state index contributed by atoms with van der Waals surface area (Å²) in [4.78, 5) is 20.8. The van der Waals surface area contributed by atoms with E-state index in [9.17, 15) is 4.79 Å². The highest BCUT2D eigenvalue weighted by Gasteiger charge is 2.24. The van der Waals surface area contributed by atoms with Crippen LogP contribution in [0.2, 0.25) is 0 Å². The first-order valence-corrected chi connectivity index (χ1v) is 11.9. The maximum absolute atomic E-state index is 11.5. The number of aliphatic imine (C=N–C) groups is 1. The number of hydrogen-bond donors (Lipinski definition) is 3. The fraction of sp³-hybridized carbons (Fsp3) is 0.667. The number of halogens is 1. The summed E-state index contributed by atoms with van der Waals surface area (Å²) in [6, 6.07) is 9.09. The van der Waals surface area contributed by atoms with Crippen LogP contribution in [-0.2, 0) is 22.6 Å². The summed E-state index contributed by atoms with van der Waals surface area (Å²) in [5.41, 5.74) is 8.01. The van der Waals surface area contributed by atoms with E-state index in [0.717, 1.165) is 84.1 Å². The van der Waals surface area contributed by atoms with Gasteiger partial charge in [0.05, 0.1) is 12.5 Å². The van der Waals surface area contributed by atoms with Crippen LogP contribution in [0.3, 0.4) is 0 Å². The normalized spacial score (nSPS) is 20.8. The molecule has 0 saturated carbocycles. The van der Waals surface area contributed by atoms with Crippen LogP contribution in [0.25, 0.3) is 0 Å². The first-order chi connectivity index (χ1) is 15.6. The average molecular weight is 573 g/mol. The maximum Gasteiger partial charge on any atom is 0.221 e. The van der Waals surface area contributed by atoms with Gasteiger partial charge in [-0.25, -0.2) is 0 Å². The van der Waals surface area contributed by atoms with Crippen molar-refractivity contribution in [3.05, 3.63) is 35.4 Å². The third kappa shape index (κ3) is 9.38. The predicted molar refractivity (Wildman–Crippen MR) is 144 cm³/mol. The lowest BCUT2D eigenvalue weighted by molar-refractivity contribution is -0.123. The van der Waals surface area contributed by atoms with Crippen LogP contribution >= 0.6 is 24.0 Å². The Balaban J connectivity index is 0.00000385. The second-order valence-electron chi connectivity index (χ2n) is 8.98. The summed E-state index contributed by atoms with van der Waals surface area (Å²) in [5.74, 6) is 0.660. The summed E-state index contributed by atoms with van der Waals surface area (Å²) in [5, 5.41) is 7.04. The van der Waals surface area contributed by atoms with Crippen molar-refractivity contribution in [1.29, 1.82) is 0 Å². The lowest BCUT2D eigenvalue weighted by Gasteiger charge is -2.32. The molecule has 1 aromatic carbocycles. The van der Waals surface area contributed by atoms with Crippen molar-refractivity contribution >= 4 is 35.8 Å². The van der Waals surface area contributed by atoms with Crippen molar-refractivity contribution in [2.45, 2.75) is 44.8 Å². The number of nitrogens with zero attached hydrogens (tertiary/aromatic N) is 3. The number of benzene rings is 1. The fourth-order valence-corrected chi connectivity index (χ4v) is 4.62. The molecule has 186 valence electrons. The van der Waals surface area contributed by atoms with Crippen molar-refractivity contribution in [3.63, 3.8) is 0 Å². The summed E-state index contributed by atoms with van der Waals surface area (Å²) in [6.45, 7) is 7.35. The molecule has 2 fully saturated rings. The summed E-state index contributed by atoms with van der Waals surface area (Å²) in [6.07, 6.45) is 4.17. The lowest BCUT2D eigenvalue weighted by Crippen LogP contribution is -2.48. The molecule has 1 aromatic rings. The van der Waals surface area contributed by atoms with Crippen molar-refractivity contribution in [3.8, 4) is 0 Å². The van der Waals surface area contributed by atoms with Gasteiger partial charge in [0, 0.05) is 59.5 Å². The molecule has 0 bridgehead atoms. The van der Waals surface area contributed by atoms with Gasteiger partial charge in [-0.15, -0.1) is 24.0 Å². The smallest absolute Gasteiger partial charge is 0.221 e. The third-order valence-corrected chi connectivity index (χ3v) is 6.53. The van der Waals surface area contributed by atoms with Crippen LogP contribution in [0.5, 0.6) is 0 Å². The van der Waals surface area contributed by atoms with Gasteiger partial charge in [0.1, 0.15) is 0 Å². The molecule has 1 amide bonds. The van der Waals surface area contributed by atoms with Gasteiger partial charge in [-0.05, 0) is 43.4 Å². The highest BCUT2D eigenvalue weighted by molar-refractivity contribution is 14.0. The molecule has 33 heavy (non-hydrogen) atoms. The molecule has 2 aliphatic heterocycles. The molecule has 2 saturated heterocycles. The van der Waals surface area contributed by atoms with E-state index in [1.165, 1.54) is 11.1 Å². The van der Waals surface area contributed by atoms with Gasteiger partial charge < -0.3 is 26.0 Å². The van der Waals surface area contributed by atoms with Gasteiger partial charge in [0.25, 0.3) is 0 Å². The van der Waals surface area contributed by atoms with Crippen LogP contribution in [0.15, 0.2) is 29.3 Å². The van der Waals surface area contributed by atoms with Gasteiger partial charge in [-0.2, -0.15) is 0 Å². The Morgan fingerprint density at radius 3 is 2.64 bits per heavy atom. The molecule has 8 nitrogen and oxygen atoms in total. The van der Waals surface area contributed by atoms with Crippen molar-refractivity contribution < 1.29 is 9.53 Å². The Morgan fingerprint density at radius 2 is 1.94 bits per heavy atom. The lowest BCUT2D eigenvalue weighted by atomic mass is 9.97. The molecule has 0 radical (unpaired) electrons. The third-order valence-electron chi connectivity index (χ3n) is 6.53. The number of carbonyl (C=O) groups is 1. The van der Waals surface area contributed by atoms with E-state index in [-0.39, 0.29) is 35.8 Å². The van der Waals surface area contributed by atoms with E-state index < -0.39 is 0 Å². The molecule has 2 heterocycles.